The Morgan fingerprint density at radius 2 is 1.58 bits per heavy atom. The van der Waals surface area contributed by atoms with Gasteiger partial charge in [-0.15, -0.1) is 0 Å². The van der Waals surface area contributed by atoms with Gasteiger partial charge in [-0.2, -0.15) is 0 Å². The molecular weight excluding hydrogens is 650 g/mol. The lowest BCUT2D eigenvalue weighted by molar-refractivity contribution is -0.300. The van der Waals surface area contributed by atoms with Crippen molar-refractivity contribution in [2.75, 3.05) is 55.2 Å². The minimum atomic E-state index is -1.48. The molecule has 0 radical (unpaired) electrons. The third-order valence-electron chi connectivity index (χ3n) is 13.7. The summed E-state index contributed by atoms with van der Waals surface area (Å²) in [6.45, 7) is 6.35. The van der Waals surface area contributed by atoms with Gasteiger partial charge in [0.25, 0.3) is 0 Å². The average Bonchev–Trinajstić information content (AvgIpc) is 3.48. The van der Waals surface area contributed by atoms with Gasteiger partial charge in [-0.25, -0.2) is 4.79 Å². The van der Waals surface area contributed by atoms with Crippen molar-refractivity contribution in [3.05, 3.63) is 29.8 Å². The lowest BCUT2D eigenvalue weighted by Gasteiger charge is -2.70. The summed E-state index contributed by atoms with van der Waals surface area (Å²) in [7, 11) is 8.09. The fourth-order valence-corrected chi connectivity index (χ4v) is 12.7. The summed E-state index contributed by atoms with van der Waals surface area (Å²) in [5.74, 6) is -2.80. The Balaban J connectivity index is 1.47. The van der Waals surface area contributed by atoms with E-state index in [0.717, 1.165) is 0 Å². The van der Waals surface area contributed by atoms with Crippen LogP contribution in [0.25, 0.3) is 0 Å². The number of nitrogens with zero attached hydrogens (tertiary/aromatic N) is 1. The van der Waals surface area contributed by atoms with E-state index in [2.05, 4.69) is 11.8 Å². The molecule has 1 aromatic rings. The topological polar surface area (TPSA) is 149 Å². The van der Waals surface area contributed by atoms with Crippen molar-refractivity contribution in [1.29, 1.82) is 0 Å². The SMILES string of the molecule is CCN1C[C@@]2(COC)[C@H]3[C@@H](OC)[C@H]4[C@@H]1[C@]3([C@@H](OC)C[C@H]2OC(C)=O)[C@@H]1C[C@]2(OC(C)=O)[C@@H](OC)C[C@@]4(O)[C@H]1[C@H]2OC(=O)c1ccc(OC)cc1. The highest BCUT2D eigenvalue weighted by atomic mass is 16.6. The minimum Gasteiger partial charge on any atom is -0.497 e. The zero-order chi connectivity index (χ0) is 36.0. The summed E-state index contributed by atoms with van der Waals surface area (Å²) in [6, 6.07) is 6.38. The first-order valence-electron chi connectivity index (χ1n) is 17.6. The van der Waals surface area contributed by atoms with Gasteiger partial charge in [0.15, 0.2) is 11.7 Å². The highest BCUT2D eigenvalue weighted by Crippen LogP contribution is 2.80. The van der Waals surface area contributed by atoms with Crippen LogP contribution in [0, 0.1) is 34.5 Å². The molecule has 7 rings (SSSR count). The quantitative estimate of drug-likeness (QED) is 0.266. The molecule has 5 saturated carbocycles. The molecule has 1 saturated heterocycles. The van der Waals surface area contributed by atoms with Crippen molar-refractivity contribution in [2.45, 2.75) is 87.8 Å². The van der Waals surface area contributed by atoms with Crippen LogP contribution in [0.5, 0.6) is 5.75 Å². The first-order valence-corrected chi connectivity index (χ1v) is 17.6. The lowest BCUT2D eigenvalue weighted by atomic mass is 9.42. The van der Waals surface area contributed by atoms with Gasteiger partial charge in [-0.3, -0.25) is 14.5 Å². The van der Waals surface area contributed by atoms with Crippen molar-refractivity contribution in [3.63, 3.8) is 0 Å². The van der Waals surface area contributed by atoms with Crippen LogP contribution in [0.2, 0.25) is 0 Å². The first-order chi connectivity index (χ1) is 23.9. The average molecular weight is 702 g/mol. The molecular formula is C37H51NO12. The molecule has 0 amide bonds. The van der Waals surface area contributed by atoms with E-state index in [1.165, 1.54) is 21.0 Å². The lowest BCUT2D eigenvalue weighted by Crippen LogP contribution is -2.79. The van der Waals surface area contributed by atoms with Crippen molar-refractivity contribution in [3.8, 4) is 5.75 Å². The molecule has 276 valence electrons. The summed E-state index contributed by atoms with van der Waals surface area (Å²) in [5.41, 5.74) is -4.02. The number of aliphatic hydroxyl groups is 1. The molecule has 0 aromatic heterocycles. The van der Waals surface area contributed by atoms with Crippen molar-refractivity contribution < 1.29 is 57.4 Å². The second-order valence-corrected chi connectivity index (χ2v) is 15.3. The summed E-state index contributed by atoms with van der Waals surface area (Å²) >= 11 is 0. The summed E-state index contributed by atoms with van der Waals surface area (Å²) in [6.07, 6.45) is -2.57. The van der Waals surface area contributed by atoms with Gasteiger partial charge in [-0.05, 0) is 43.1 Å². The van der Waals surface area contributed by atoms with Gasteiger partial charge in [0, 0.05) is 96.3 Å². The predicted octanol–water partition coefficient (Wildman–Crippen LogP) is 2.26. The van der Waals surface area contributed by atoms with Crippen LogP contribution in [0.1, 0.15) is 50.4 Å². The largest absolute Gasteiger partial charge is 0.497 e. The van der Waals surface area contributed by atoms with Crippen LogP contribution in [0.4, 0.5) is 0 Å². The predicted molar refractivity (Wildman–Crippen MR) is 175 cm³/mol. The number of carbonyl (C=O) groups is 3. The minimum absolute atomic E-state index is 0.137. The number of ether oxygens (including phenoxy) is 8. The van der Waals surface area contributed by atoms with Gasteiger partial charge in [-0.1, -0.05) is 6.92 Å². The zero-order valence-electron chi connectivity index (χ0n) is 30.2. The number of piperidine rings is 1. The Morgan fingerprint density at radius 1 is 0.880 bits per heavy atom. The molecule has 1 aliphatic heterocycles. The molecule has 1 N–H and O–H groups in total. The van der Waals surface area contributed by atoms with Crippen LogP contribution in [-0.2, 0) is 42.7 Å². The molecule has 13 heteroatoms. The van der Waals surface area contributed by atoms with E-state index in [1.54, 1.807) is 52.7 Å². The normalized spacial score (nSPS) is 45.1. The third-order valence-corrected chi connectivity index (χ3v) is 13.7. The van der Waals surface area contributed by atoms with Crippen LogP contribution in [0.15, 0.2) is 24.3 Å². The number of methoxy groups -OCH3 is 5. The van der Waals surface area contributed by atoms with Crippen LogP contribution in [-0.4, -0.2) is 131 Å². The van der Waals surface area contributed by atoms with Gasteiger partial charge < -0.3 is 43.0 Å². The molecule has 13 nitrogen and oxygen atoms in total. The number of esters is 3. The third kappa shape index (κ3) is 4.43. The van der Waals surface area contributed by atoms with Crippen molar-refractivity contribution >= 4 is 17.9 Å². The Bertz CT molecular complexity index is 1510. The van der Waals surface area contributed by atoms with Gasteiger partial charge >= 0.3 is 17.9 Å². The van der Waals surface area contributed by atoms with Crippen molar-refractivity contribution in [1.82, 2.24) is 4.90 Å². The summed E-state index contributed by atoms with van der Waals surface area (Å²) in [5, 5.41) is 13.5. The number of fused-ring (bicyclic) bond motifs is 2. The number of hydrogen-bond acceptors (Lipinski definition) is 13. The fourth-order valence-electron chi connectivity index (χ4n) is 12.7. The Labute approximate surface area is 293 Å². The van der Waals surface area contributed by atoms with E-state index < -0.39 is 82.3 Å². The van der Waals surface area contributed by atoms with Crippen LogP contribution < -0.4 is 4.74 Å². The molecule has 0 unspecified atom stereocenters. The number of carbonyl (C=O) groups excluding carboxylic acids is 3. The highest BCUT2D eigenvalue weighted by molar-refractivity contribution is 5.89. The molecule has 6 fully saturated rings. The van der Waals surface area contributed by atoms with E-state index >= 15 is 0 Å². The van der Waals surface area contributed by atoms with Gasteiger partial charge in [0.05, 0.1) is 37.1 Å². The molecule has 6 aliphatic rings. The Morgan fingerprint density at radius 3 is 2.14 bits per heavy atom. The number of rotatable bonds is 11. The number of hydrogen-bond donors (Lipinski definition) is 1. The second-order valence-electron chi connectivity index (χ2n) is 15.3. The smallest absolute Gasteiger partial charge is 0.338 e. The Hall–Kier alpha value is -2.81. The molecule has 5 aliphatic carbocycles. The highest BCUT2D eigenvalue weighted by Gasteiger charge is 2.90. The van der Waals surface area contributed by atoms with E-state index in [9.17, 15) is 19.5 Å². The van der Waals surface area contributed by atoms with Crippen LogP contribution >= 0.6 is 0 Å². The van der Waals surface area contributed by atoms with Crippen molar-refractivity contribution in [2.24, 2.45) is 34.5 Å². The summed E-state index contributed by atoms with van der Waals surface area (Å²) < 4.78 is 49.5. The maximum atomic E-state index is 14.0. The van der Waals surface area contributed by atoms with E-state index in [0.29, 0.717) is 30.8 Å². The van der Waals surface area contributed by atoms with Gasteiger partial charge in [0.1, 0.15) is 18.0 Å². The maximum Gasteiger partial charge on any atom is 0.338 e. The van der Waals surface area contributed by atoms with Gasteiger partial charge in [0.2, 0.25) is 0 Å². The molecule has 1 heterocycles. The van der Waals surface area contributed by atoms with E-state index in [4.69, 9.17) is 37.9 Å². The molecule has 7 bridgehead atoms. The second kappa shape index (κ2) is 12.4. The molecule has 50 heavy (non-hydrogen) atoms. The number of benzene rings is 1. The zero-order valence-corrected chi connectivity index (χ0v) is 30.2. The molecule has 14 atom stereocenters. The summed E-state index contributed by atoms with van der Waals surface area (Å²) in [4.78, 5) is 42.2. The molecule has 1 aromatic carbocycles. The Kier molecular flexibility index (Phi) is 8.83. The maximum absolute atomic E-state index is 14.0. The van der Waals surface area contributed by atoms with Crippen LogP contribution in [0.3, 0.4) is 0 Å². The standard InChI is InChI=1S/C37H51NO12/c1-9-38-17-34(18-43-4)24(48-19(2)39)14-25(45-6)37-23-15-36(50-20(3)40)26(46-7)16-35(42,28(31(37)38)29(47-8)30(34)37)27(23)32(36)49-33(41)21-10-12-22(44-5)13-11-21/h10-13,23-32,42H,9,14-18H2,1-8H3/t23-,24-,25+,26+,27-,28+,29+,30-,31-,32-,34+,35-,36+,37+/m1/s1. The molecule has 1 spiro atoms. The fraction of sp³-hybridized carbons (Fsp3) is 0.757. The van der Waals surface area contributed by atoms with E-state index in [-0.39, 0.29) is 37.3 Å². The first kappa shape index (κ1) is 35.6. The monoisotopic (exact) mass is 701 g/mol. The number of likely N-dealkylation sites (tertiary alicyclic amines) is 1. The van der Waals surface area contributed by atoms with E-state index in [1.807, 2.05) is 0 Å².